The SMILES string of the molecule is CCC(CC)CNC(=O)CN1CCCC1=O. The highest BCUT2D eigenvalue weighted by Gasteiger charge is 2.22. The van der Waals surface area contributed by atoms with Gasteiger partial charge in [0.2, 0.25) is 11.8 Å². The summed E-state index contributed by atoms with van der Waals surface area (Å²) in [5, 5.41) is 2.90. The minimum absolute atomic E-state index is 0.0258. The molecule has 0 saturated carbocycles. The summed E-state index contributed by atoms with van der Waals surface area (Å²) < 4.78 is 0. The van der Waals surface area contributed by atoms with Crippen molar-refractivity contribution in [2.45, 2.75) is 39.5 Å². The smallest absolute Gasteiger partial charge is 0.239 e. The third kappa shape index (κ3) is 3.83. The number of rotatable bonds is 6. The van der Waals surface area contributed by atoms with Crippen LogP contribution in [0.4, 0.5) is 0 Å². The fourth-order valence-electron chi connectivity index (χ4n) is 1.94. The van der Waals surface area contributed by atoms with Crippen LogP contribution in [0, 0.1) is 5.92 Å². The van der Waals surface area contributed by atoms with Gasteiger partial charge in [-0.3, -0.25) is 9.59 Å². The Hall–Kier alpha value is -1.06. The van der Waals surface area contributed by atoms with E-state index in [-0.39, 0.29) is 18.4 Å². The lowest BCUT2D eigenvalue weighted by Gasteiger charge is -2.17. The van der Waals surface area contributed by atoms with E-state index in [9.17, 15) is 9.59 Å². The van der Waals surface area contributed by atoms with Gasteiger partial charge in [-0.05, 0) is 12.3 Å². The third-order valence-electron chi connectivity index (χ3n) is 3.25. The van der Waals surface area contributed by atoms with Gasteiger partial charge in [0.05, 0.1) is 6.54 Å². The highest BCUT2D eigenvalue weighted by molar-refractivity contribution is 5.85. The van der Waals surface area contributed by atoms with E-state index >= 15 is 0 Å². The number of likely N-dealkylation sites (tertiary alicyclic amines) is 1. The number of nitrogens with zero attached hydrogens (tertiary/aromatic N) is 1. The van der Waals surface area contributed by atoms with Gasteiger partial charge in [-0.1, -0.05) is 26.7 Å². The van der Waals surface area contributed by atoms with Crippen LogP contribution in [-0.4, -0.2) is 36.3 Å². The summed E-state index contributed by atoms with van der Waals surface area (Å²) in [7, 11) is 0. The molecule has 1 fully saturated rings. The van der Waals surface area contributed by atoms with E-state index in [2.05, 4.69) is 19.2 Å². The topological polar surface area (TPSA) is 49.4 Å². The molecule has 4 heteroatoms. The molecular formula is C12H22N2O2. The lowest BCUT2D eigenvalue weighted by molar-refractivity contribution is -0.133. The van der Waals surface area contributed by atoms with Crippen LogP contribution in [0.2, 0.25) is 0 Å². The molecule has 0 radical (unpaired) electrons. The van der Waals surface area contributed by atoms with Crippen molar-refractivity contribution in [3.8, 4) is 0 Å². The summed E-state index contributed by atoms with van der Waals surface area (Å²) in [6, 6.07) is 0. The quantitative estimate of drug-likeness (QED) is 0.739. The van der Waals surface area contributed by atoms with Gasteiger partial charge in [-0.2, -0.15) is 0 Å². The first kappa shape index (κ1) is 13.0. The number of nitrogens with one attached hydrogen (secondary N) is 1. The molecule has 0 spiro atoms. The maximum atomic E-state index is 11.6. The fraction of sp³-hybridized carbons (Fsp3) is 0.833. The number of carbonyl (C=O) groups excluding carboxylic acids is 2. The largest absolute Gasteiger partial charge is 0.354 e. The second-order valence-corrected chi connectivity index (χ2v) is 4.41. The van der Waals surface area contributed by atoms with Gasteiger partial charge in [-0.25, -0.2) is 0 Å². The number of hydrogen-bond acceptors (Lipinski definition) is 2. The van der Waals surface area contributed by atoms with E-state index in [1.165, 1.54) is 0 Å². The van der Waals surface area contributed by atoms with E-state index in [1.54, 1.807) is 4.90 Å². The van der Waals surface area contributed by atoms with Gasteiger partial charge in [-0.15, -0.1) is 0 Å². The van der Waals surface area contributed by atoms with Crippen molar-refractivity contribution in [2.24, 2.45) is 5.92 Å². The average Bonchev–Trinajstić information content (AvgIpc) is 2.66. The molecule has 0 bridgehead atoms. The first-order chi connectivity index (χ1) is 7.67. The Morgan fingerprint density at radius 1 is 1.44 bits per heavy atom. The van der Waals surface area contributed by atoms with Crippen molar-refractivity contribution in [2.75, 3.05) is 19.6 Å². The second kappa shape index (κ2) is 6.51. The Kier molecular flexibility index (Phi) is 5.29. The molecule has 0 aromatic heterocycles. The molecule has 4 nitrogen and oxygen atoms in total. The minimum atomic E-state index is -0.0258. The number of amides is 2. The zero-order valence-corrected chi connectivity index (χ0v) is 10.3. The standard InChI is InChI=1S/C12H22N2O2/c1-3-10(4-2)8-13-11(15)9-14-7-5-6-12(14)16/h10H,3-9H2,1-2H3,(H,13,15). The summed E-state index contributed by atoms with van der Waals surface area (Å²) in [6.07, 6.45) is 3.65. The molecule has 16 heavy (non-hydrogen) atoms. The number of carbonyl (C=O) groups is 2. The van der Waals surface area contributed by atoms with Crippen molar-refractivity contribution < 1.29 is 9.59 Å². The second-order valence-electron chi connectivity index (χ2n) is 4.41. The summed E-state index contributed by atoms with van der Waals surface area (Å²) in [4.78, 5) is 24.5. The summed E-state index contributed by atoms with van der Waals surface area (Å²) in [5.74, 6) is 0.637. The van der Waals surface area contributed by atoms with Crippen molar-refractivity contribution in [1.29, 1.82) is 0 Å². The van der Waals surface area contributed by atoms with Crippen LogP contribution in [0.5, 0.6) is 0 Å². The van der Waals surface area contributed by atoms with Crippen LogP contribution < -0.4 is 5.32 Å². The van der Waals surface area contributed by atoms with E-state index in [0.29, 0.717) is 12.3 Å². The van der Waals surface area contributed by atoms with E-state index in [4.69, 9.17) is 0 Å². The van der Waals surface area contributed by atoms with Crippen LogP contribution >= 0.6 is 0 Å². The first-order valence-corrected chi connectivity index (χ1v) is 6.21. The molecule has 1 rings (SSSR count). The maximum Gasteiger partial charge on any atom is 0.239 e. The molecule has 0 atom stereocenters. The molecule has 1 heterocycles. The zero-order valence-electron chi connectivity index (χ0n) is 10.3. The molecule has 0 aromatic rings. The van der Waals surface area contributed by atoms with Crippen LogP contribution in [0.25, 0.3) is 0 Å². The average molecular weight is 226 g/mol. The maximum absolute atomic E-state index is 11.6. The highest BCUT2D eigenvalue weighted by atomic mass is 16.2. The highest BCUT2D eigenvalue weighted by Crippen LogP contribution is 2.09. The Morgan fingerprint density at radius 2 is 2.12 bits per heavy atom. The summed E-state index contributed by atoms with van der Waals surface area (Å²) >= 11 is 0. The van der Waals surface area contributed by atoms with E-state index < -0.39 is 0 Å². The van der Waals surface area contributed by atoms with Gasteiger partial charge < -0.3 is 10.2 Å². The van der Waals surface area contributed by atoms with Gasteiger partial charge >= 0.3 is 0 Å². The van der Waals surface area contributed by atoms with Gasteiger partial charge in [0.15, 0.2) is 0 Å². The molecule has 1 saturated heterocycles. The summed E-state index contributed by atoms with van der Waals surface area (Å²) in [6.45, 7) is 5.96. The molecule has 0 aliphatic carbocycles. The van der Waals surface area contributed by atoms with E-state index in [0.717, 1.165) is 32.4 Å². The molecule has 0 unspecified atom stereocenters. The zero-order chi connectivity index (χ0) is 12.0. The van der Waals surface area contributed by atoms with Crippen molar-refractivity contribution in [3.05, 3.63) is 0 Å². The van der Waals surface area contributed by atoms with Crippen LogP contribution in [0.3, 0.4) is 0 Å². The molecule has 2 amide bonds. The normalized spacial score (nSPS) is 15.9. The lowest BCUT2D eigenvalue weighted by Crippen LogP contribution is -2.39. The predicted molar refractivity (Wildman–Crippen MR) is 62.9 cm³/mol. The van der Waals surface area contributed by atoms with Crippen molar-refractivity contribution in [1.82, 2.24) is 10.2 Å². The van der Waals surface area contributed by atoms with Crippen LogP contribution in [-0.2, 0) is 9.59 Å². The van der Waals surface area contributed by atoms with Crippen LogP contribution in [0.15, 0.2) is 0 Å². The molecular weight excluding hydrogens is 204 g/mol. The Bertz CT molecular complexity index is 249. The molecule has 1 N–H and O–H groups in total. The lowest BCUT2D eigenvalue weighted by atomic mass is 10.0. The van der Waals surface area contributed by atoms with Crippen molar-refractivity contribution in [3.63, 3.8) is 0 Å². The molecule has 1 aliphatic rings. The van der Waals surface area contributed by atoms with Gasteiger partial charge in [0.25, 0.3) is 0 Å². The van der Waals surface area contributed by atoms with Crippen molar-refractivity contribution >= 4 is 11.8 Å². The molecule has 92 valence electrons. The Morgan fingerprint density at radius 3 is 2.62 bits per heavy atom. The van der Waals surface area contributed by atoms with E-state index in [1.807, 2.05) is 0 Å². The fourth-order valence-corrected chi connectivity index (χ4v) is 1.94. The first-order valence-electron chi connectivity index (χ1n) is 6.21. The van der Waals surface area contributed by atoms with Gasteiger partial charge in [0.1, 0.15) is 0 Å². The minimum Gasteiger partial charge on any atom is -0.354 e. The summed E-state index contributed by atoms with van der Waals surface area (Å²) in [5.41, 5.74) is 0. The van der Waals surface area contributed by atoms with Crippen LogP contribution in [0.1, 0.15) is 39.5 Å². The predicted octanol–water partition coefficient (Wildman–Crippen LogP) is 1.16. The molecule has 1 aliphatic heterocycles. The molecule has 0 aromatic carbocycles. The monoisotopic (exact) mass is 226 g/mol. The number of hydrogen-bond donors (Lipinski definition) is 1. The Labute approximate surface area is 97.4 Å². The Balaban J connectivity index is 2.22. The third-order valence-corrected chi connectivity index (χ3v) is 3.25. The van der Waals surface area contributed by atoms with Gasteiger partial charge in [0, 0.05) is 19.5 Å².